The molecule has 2 aromatic rings. The zero-order chi connectivity index (χ0) is 20.5. The van der Waals surface area contributed by atoms with Crippen LogP contribution in [0.5, 0.6) is 11.5 Å². The summed E-state index contributed by atoms with van der Waals surface area (Å²) in [5.74, 6) is 0.118. The summed E-state index contributed by atoms with van der Waals surface area (Å²) in [6.45, 7) is 0.273. The van der Waals surface area contributed by atoms with Crippen LogP contribution in [0, 0.1) is 11.3 Å². The van der Waals surface area contributed by atoms with Gasteiger partial charge in [-0.05, 0) is 41.5 Å². The van der Waals surface area contributed by atoms with E-state index >= 15 is 0 Å². The van der Waals surface area contributed by atoms with E-state index in [9.17, 15) is 9.59 Å². The SMILES string of the molecule is CNC(=O)/C(C#N)=C/c1ccc(OCc2ccc(C(=O)OC)cc2)c(OC)c1. The topological polar surface area (TPSA) is 97.7 Å². The van der Waals surface area contributed by atoms with E-state index in [1.165, 1.54) is 27.3 Å². The van der Waals surface area contributed by atoms with Crippen LogP contribution in [-0.2, 0) is 16.1 Å². The van der Waals surface area contributed by atoms with Gasteiger partial charge in [-0.15, -0.1) is 0 Å². The molecule has 0 aliphatic heterocycles. The number of rotatable bonds is 7. The molecule has 144 valence electrons. The maximum atomic E-state index is 11.6. The summed E-state index contributed by atoms with van der Waals surface area (Å²) in [5, 5.41) is 11.5. The molecule has 2 rings (SSSR count). The molecule has 0 unspecified atom stereocenters. The molecule has 2 aromatic carbocycles. The molecule has 0 spiro atoms. The third-order valence-corrected chi connectivity index (χ3v) is 3.86. The van der Waals surface area contributed by atoms with Gasteiger partial charge in [0.2, 0.25) is 0 Å². The fourth-order valence-electron chi connectivity index (χ4n) is 2.36. The Kier molecular flexibility index (Phi) is 7.17. The molecule has 0 aliphatic carbocycles. The number of nitriles is 1. The standard InChI is InChI=1S/C21H20N2O5/c1-23-20(24)17(12-22)10-15-6-9-18(19(11-15)26-2)28-13-14-4-7-16(8-5-14)21(25)27-3/h4-11H,13H2,1-3H3,(H,23,24)/b17-10+. The van der Waals surface area contributed by atoms with E-state index in [0.717, 1.165) is 5.56 Å². The van der Waals surface area contributed by atoms with E-state index < -0.39 is 11.9 Å². The quantitative estimate of drug-likeness (QED) is 0.451. The van der Waals surface area contributed by atoms with E-state index in [1.54, 1.807) is 42.5 Å². The van der Waals surface area contributed by atoms with Crippen LogP contribution in [0.25, 0.3) is 6.08 Å². The summed E-state index contributed by atoms with van der Waals surface area (Å²) in [7, 11) is 4.30. The Balaban J connectivity index is 2.14. The molecule has 0 aliphatic rings. The van der Waals surface area contributed by atoms with Gasteiger partial charge in [0.25, 0.3) is 5.91 Å². The van der Waals surface area contributed by atoms with Gasteiger partial charge in [-0.25, -0.2) is 4.79 Å². The molecule has 0 radical (unpaired) electrons. The van der Waals surface area contributed by atoms with E-state index in [4.69, 9.17) is 14.7 Å². The number of benzene rings is 2. The molecular formula is C21H20N2O5. The van der Waals surface area contributed by atoms with E-state index in [2.05, 4.69) is 10.1 Å². The van der Waals surface area contributed by atoms with Crippen molar-refractivity contribution in [1.29, 1.82) is 5.26 Å². The van der Waals surface area contributed by atoms with Gasteiger partial charge in [-0.2, -0.15) is 5.26 Å². The highest BCUT2D eigenvalue weighted by molar-refractivity contribution is 6.01. The van der Waals surface area contributed by atoms with Gasteiger partial charge in [-0.3, -0.25) is 4.79 Å². The summed E-state index contributed by atoms with van der Waals surface area (Å²) >= 11 is 0. The second kappa shape index (κ2) is 9.78. The Morgan fingerprint density at radius 3 is 2.39 bits per heavy atom. The number of nitrogens with one attached hydrogen (secondary N) is 1. The lowest BCUT2D eigenvalue weighted by Gasteiger charge is -2.12. The summed E-state index contributed by atoms with van der Waals surface area (Å²) in [6, 6.07) is 13.8. The largest absolute Gasteiger partial charge is 0.493 e. The van der Waals surface area contributed by atoms with Gasteiger partial charge in [-0.1, -0.05) is 18.2 Å². The molecule has 0 heterocycles. The van der Waals surface area contributed by atoms with Crippen molar-refractivity contribution in [2.75, 3.05) is 21.3 Å². The molecule has 0 atom stereocenters. The summed E-state index contributed by atoms with van der Waals surface area (Å²) in [5.41, 5.74) is 1.95. The second-order valence-electron chi connectivity index (χ2n) is 5.64. The first-order valence-electron chi connectivity index (χ1n) is 8.34. The van der Waals surface area contributed by atoms with Crippen LogP contribution in [0.1, 0.15) is 21.5 Å². The number of esters is 1. The number of hydrogen-bond donors (Lipinski definition) is 1. The molecule has 28 heavy (non-hydrogen) atoms. The molecular weight excluding hydrogens is 360 g/mol. The first-order valence-corrected chi connectivity index (χ1v) is 8.34. The van der Waals surface area contributed by atoms with Crippen LogP contribution in [-0.4, -0.2) is 33.1 Å². The lowest BCUT2D eigenvalue weighted by Crippen LogP contribution is -2.19. The monoisotopic (exact) mass is 380 g/mol. The van der Waals surface area contributed by atoms with Crippen molar-refractivity contribution in [3.8, 4) is 17.6 Å². The van der Waals surface area contributed by atoms with E-state index in [1.807, 2.05) is 6.07 Å². The molecule has 0 aromatic heterocycles. The molecule has 1 amide bonds. The highest BCUT2D eigenvalue weighted by Crippen LogP contribution is 2.29. The smallest absolute Gasteiger partial charge is 0.337 e. The van der Waals surface area contributed by atoms with Crippen molar-refractivity contribution < 1.29 is 23.8 Å². The molecule has 1 N–H and O–H groups in total. The highest BCUT2D eigenvalue weighted by Gasteiger charge is 2.10. The van der Waals surface area contributed by atoms with Crippen LogP contribution >= 0.6 is 0 Å². The van der Waals surface area contributed by atoms with Crippen molar-refractivity contribution in [2.24, 2.45) is 0 Å². The fourth-order valence-corrected chi connectivity index (χ4v) is 2.36. The molecule has 7 heteroatoms. The Labute approximate surface area is 163 Å². The lowest BCUT2D eigenvalue weighted by molar-refractivity contribution is -0.116. The number of likely N-dealkylation sites (N-methyl/N-ethyl adjacent to an activating group) is 1. The highest BCUT2D eigenvalue weighted by atomic mass is 16.5. The van der Waals surface area contributed by atoms with Crippen LogP contribution < -0.4 is 14.8 Å². The first kappa shape index (κ1) is 20.5. The predicted octanol–water partition coefficient (Wildman–Crippen LogP) is 2.71. The number of ether oxygens (including phenoxy) is 3. The predicted molar refractivity (Wildman–Crippen MR) is 103 cm³/mol. The van der Waals surface area contributed by atoms with Gasteiger partial charge < -0.3 is 19.5 Å². The number of nitrogens with zero attached hydrogens (tertiary/aromatic N) is 1. The second-order valence-corrected chi connectivity index (χ2v) is 5.64. The average Bonchev–Trinajstić information content (AvgIpc) is 2.75. The molecule has 7 nitrogen and oxygen atoms in total. The molecule has 0 saturated carbocycles. The zero-order valence-electron chi connectivity index (χ0n) is 15.8. The van der Waals surface area contributed by atoms with Crippen molar-refractivity contribution in [3.05, 3.63) is 64.7 Å². The van der Waals surface area contributed by atoms with Crippen LogP contribution in [0.15, 0.2) is 48.0 Å². The number of carbonyl (C=O) groups is 2. The minimum Gasteiger partial charge on any atom is -0.493 e. The molecule has 0 fully saturated rings. The summed E-state index contributed by atoms with van der Waals surface area (Å²) in [6.07, 6.45) is 1.47. The fraction of sp³-hybridized carbons (Fsp3) is 0.190. The minimum atomic E-state index is -0.461. The van der Waals surface area contributed by atoms with Crippen molar-refractivity contribution in [1.82, 2.24) is 5.32 Å². The third kappa shape index (κ3) is 5.11. The lowest BCUT2D eigenvalue weighted by atomic mass is 10.1. The summed E-state index contributed by atoms with van der Waals surface area (Å²) < 4.78 is 15.8. The average molecular weight is 380 g/mol. The Morgan fingerprint density at radius 1 is 1.11 bits per heavy atom. The molecule has 0 bridgehead atoms. The van der Waals surface area contributed by atoms with E-state index in [0.29, 0.717) is 22.6 Å². The maximum absolute atomic E-state index is 11.6. The van der Waals surface area contributed by atoms with Crippen molar-refractivity contribution in [2.45, 2.75) is 6.61 Å². The third-order valence-electron chi connectivity index (χ3n) is 3.86. The molecule has 0 saturated heterocycles. The maximum Gasteiger partial charge on any atom is 0.337 e. The van der Waals surface area contributed by atoms with Crippen LogP contribution in [0.3, 0.4) is 0 Å². The van der Waals surface area contributed by atoms with Crippen molar-refractivity contribution in [3.63, 3.8) is 0 Å². The number of carbonyl (C=O) groups excluding carboxylic acids is 2. The Hall–Kier alpha value is -3.79. The van der Waals surface area contributed by atoms with Gasteiger partial charge >= 0.3 is 5.97 Å². The first-order chi connectivity index (χ1) is 13.5. The van der Waals surface area contributed by atoms with Gasteiger partial charge in [0.15, 0.2) is 11.5 Å². The number of methoxy groups -OCH3 is 2. The van der Waals surface area contributed by atoms with Crippen LogP contribution in [0.4, 0.5) is 0 Å². The minimum absolute atomic E-state index is 0.0103. The summed E-state index contributed by atoms with van der Waals surface area (Å²) in [4.78, 5) is 23.1. The number of amides is 1. The van der Waals surface area contributed by atoms with Crippen LogP contribution in [0.2, 0.25) is 0 Å². The van der Waals surface area contributed by atoms with E-state index in [-0.39, 0.29) is 12.2 Å². The Bertz CT molecular complexity index is 927. The normalized spacial score (nSPS) is 10.6. The Morgan fingerprint density at radius 2 is 1.82 bits per heavy atom. The van der Waals surface area contributed by atoms with Gasteiger partial charge in [0, 0.05) is 7.05 Å². The zero-order valence-corrected chi connectivity index (χ0v) is 15.8. The van der Waals surface area contributed by atoms with Gasteiger partial charge in [0.05, 0.1) is 19.8 Å². The number of hydrogen-bond acceptors (Lipinski definition) is 6. The van der Waals surface area contributed by atoms with Gasteiger partial charge in [0.1, 0.15) is 18.2 Å². The van der Waals surface area contributed by atoms with Crippen molar-refractivity contribution >= 4 is 18.0 Å².